The van der Waals surface area contributed by atoms with E-state index in [1.807, 2.05) is 6.20 Å². The SMILES string of the molecule is c1nc(NCC2CC2)nc2c1COC[C@]21CCN(CC2CC2)C1. The van der Waals surface area contributed by atoms with Gasteiger partial charge in [0.15, 0.2) is 0 Å². The van der Waals surface area contributed by atoms with Crippen molar-refractivity contribution in [3.05, 3.63) is 17.5 Å². The standard InChI is InChI=1S/C18H26N4O/c1-2-13(1)7-19-17-20-8-15-10-23-12-18(16(15)21-17)5-6-22(11-18)9-14-3-4-14/h8,13-14H,1-7,9-12H2,(H,19,20,21)/t18-/m1/s1. The highest BCUT2D eigenvalue weighted by molar-refractivity contribution is 5.36. The molecule has 1 aromatic rings. The average Bonchev–Trinajstić information content (AvgIpc) is 3.48. The molecule has 1 N–H and O–H groups in total. The molecule has 23 heavy (non-hydrogen) atoms. The molecular formula is C18H26N4O. The second-order valence-corrected chi connectivity index (χ2v) is 8.09. The molecule has 4 aliphatic rings. The lowest BCUT2D eigenvalue weighted by Gasteiger charge is -2.34. The Labute approximate surface area is 137 Å². The van der Waals surface area contributed by atoms with Crippen molar-refractivity contribution in [2.45, 2.75) is 44.1 Å². The van der Waals surface area contributed by atoms with Gasteiger partial charge in [0.1, 0.15) is 0 Å². The lowest BCUT2D eigenvalue weighted by Crippen LogP contribution is -2.41. The summed E-state index contributed by atoms with van der Waals surface area (Å²) in [6.45, 7) is 6.08. The maximum Gasteiger partial charge on any atom is 0.222 e. The summed E-state index contributed by atoms with van der Waals surface area (Å²) in [6, 6.07) is 0. The molecule has 124 valence electrons. The number of likely N-dealkylation sites (tertiary alicyclic amines) is 1. The van der Waals surface area contributed by atoms with Crippen LogP contribution in [0.2, 0.25) is 0 Å². The van der Waals surface area contributed by atoms with Gasteiger partial charge < -0.3 is 15.0 Å². The van der Waals surface area contributed by atoms with Crippen LogP contribution in [-0.2, 0) is 16.8 Å². The highest BCUT2D eigenvalue weighted by atomic mass is 16.5. The van der Waals surface area contributed by atoms with Crippen molar-refractivity contribution in [2.24, 2.45) is 11.8 Å². The number of anilines is 1. The summed E-state index contributed by atoms with van der Waals surface area (Å²) >= 11 is 0. The molecule has 2 aliphatic heterocycles. The average molecular weight is 314 g/mol. The van der Waals surface area contributed by atoms with Crippen LogP contribution in [0.15, 0.2) is 6.20 Å². The van der Waals surface area contributed by atoms with Crippen LogP contribution in [0, 0.1) is 11.8 Å². The van der Waals surface area contributed by atoms with E-state index in [-0.39, 0.29) is 5.41 Å². The number of nitrogens with one attached hydrogen (secondary N) is 1. The topological polar surface area (TPSA) is 50.3 Å². The Morgan fingerprint density at radius 2 is 2.13 bits per heavy atom. The van der Waals surface area contributed by atoms with Crippen LogP contribution in [0.25, 0.3) is 0 Å². The molecule has 1 aromatic heterocycles. The van der Waals surface area contributed by atoms with Crippen molar-refractivity contribution in [3.8, 4) is 0 Å². The van der Waals surface area contributed by atoms with Crippen molar-refractivity contribution in [3.63, 3.8) is 0 Å². The minimum atomic E-state index is 0.0986. The highest BCUT2D eigenvalue weighted by Gasteiger charge is 2.45. The normalized spacial score (nSPS) is 30.6. The van der Waals surface area contributed by atoms with Crippen LogP contribution >= 0.6 is 0 Å². The van der Waals surface area contributed by atoms with Crippen LogP contribution < -0.4 is 5.32 Å². The Morgan fingerprint density at radius 1 is 1.26 bits per heavy atom. The smallest absolute Gasteiger partial charge is 0.222 e. The molecule has 0 unspecified atom stereocenters. The van der Waals surface area contributed by atoms with Gasteiger partial charge in [-0.05, 0) is 50.5 Å². The van der Waals surface area contributed by atoms with E-state index in [0.717, 1.165) is 37.5 Å². The first-order valence-corrected chi connectivity index (χ1v) is 9.21. The molecule has 1 saturated heterocycles. The summed E-state index contributed by atoms with van der Waals surface area (Å²) in [5, 5.41) is 3.44. The quantitative estimate of drug-likeness (QED) is 0.903. The molecule has 0 amide bonds. The Hall–Kier alpha value is -1.20. The fraction of sp³-hybridized carbons (Fsp3) is 0.778. The van der Waals surface area contributed by atoms with E-state index in [1.54, 1.807) is 0 Å². The number of fused-ring (bicyclic) bond motifs is 2. The van der Waals surface area contributed by atoms with Gasteiger partial charge in [-0.2, -0.15) is 0 Å². The van der Waals surface area contributed by atoms with E-state index in [0.29, 0.717) is 6.61 Å². The van der Waals surface area contributed by atoms with Gasteiger partial charge in [0.2, 0.25) is 5.95 Å². The third-order valence-electron chi connectivity index (χ3n) is 5.89. The minimum absolute atomic E-state index is 0.0986. The number of aromatic nitrogens is 2. The minimum Gasteiger partial charge on any atom is -0.376 e. The van der Waals surface area contributed by atoms with Crippen molar-refractivity contribution in [1.29, 1.82) is 0 Å². The second kappa shape index (κ2) is 5.42. The summed E-state index contributed by atoms with van der Waals surface area (Å²) < 4.78 is 5.92. The first-order valence-electron chi connectivity index (χ1n) is 9.21. The lowest BCUT2D eigenvalue weighted by molar-refractivity contribution is 0.0504. The number of ether oxygens (including phenoxy) is 1. The monoisotopic (exact) mass is 314 g/mol. The largest absolute Gasteiger partial charge is 0.376 e. The third-order valence-corrected chi connectivity index (χ3v) is 5.89. The summed E-state index contributed by atoms with van der Waals surface area (Å²) in [4.78, 5) is 12.1. The molecule has 5 rings (SSSR count). The summed E-state index contributed by atoms with van der Waals surface area (Å²) in [7, 11) is 0. The molecule has 0 bridgehead atoms. The van der Waals surface area contributed by atoms with Gasteiger partial charge in [0.05, 0.1) is 24.3 Å². The van der Waals surface area contributed by atoms with E-state index in [9.17, 15) is 0 Å². The molecule has 5 heteroatoms. The van der Waals surface area contributed by atoms with Crippen LogP contribution in [0.1, 0.15) is 43.4 Å². The van der Waals surface area contributed by atoms with E-state index in [2.05, 4.69) is 15.2 Å². The predicted molar refractivity (Wildman–Crippen MR) is 88.4 cm³/mol. The van der Waals surface area contributed by atoms with Crippen molar-refractivity contribution in [1.82, 2.24) is 14.9 Å². The van der Waals surface area contributed by atoms with Gasteiger partial charge in [0.25, 0.3) is 0 Å². The van der Waals surface area contributed by atoms with E-state index in [1.165, 1.54) is 56.5 Å². The predicted octanol–water partition coefficient (Wildman–Crippen LogP) is 2.18. The van der Waals surface area contributed by atoms with E-state index >= 15 is 0 Å². The number of hydrogen-bond donors (Lipinski definition) is 1. The molecule has 1 spiro atoms. The lowest BCUT2D eigenvalue weighted by atomic mass is 9.80. The zero-order valence-corrected chi connectivity index (χ0v) is 13.8. The second-order valence-electron chi connectivity index (χ2n) is 8.09. The first-order chi connectivity index (χ1) is 11.3. The van der Waals surface area contributed by atoms with Crippen molar-refractivity contribution < 1.29 is 4.74 Å². The molecule has 0 aromatic carbocycles. The number of nitrogens with zero attached hydrogens (tertiary/aromatic N) is 3. The Balaban J connectivity index is 1.37. The zero-order valence-electron chi connectivity index (χ0n) is 13.8. The van der Waals surface area contributed by atoms with Gasteiger partial charge in [-0.1, -0.05) is 0 Å². The van der Waals surface area contributed by atoms with Crippen LogP contribution in [0.5, 0.6) is 0 Å². The van der Waals surface area contributed by atoms with Crippen molar-refractivity contribution in [2.75, 3.05) is 38.1 Å². The molecular weight excluding hydrogens is 288 g/mol. The molecule has 1 atom stereocenters. The summed E-state index contributed by atoms with van der Waals surface area (Å²) in [6.07, 6.45) is 8.72. The van der Waals surface area contributed by atoms with Crippen molar-refractivity contribution >= 4 is 5.95 Å². The zero-order chi connectivity index (χ0) is 15.3. The van der Waals surface area contributed by atoms with Gasteiger partial charge >= 0.3 is 0 Å². The Morgan fingerprint density at radius 3 is 2.96 bits per heavy atom. The van der Waals surface area contributed by atoms with Gasteiger partial charge in [-0.3, -0.25) is 0 Å². The summed E-state index contributed by atoms with van der Waals surface area (Å²) in [5.41, 5.74) is 2.55. The van der Waals surface area contributed by atoms with Crippen LogP contribution in [0.4, 0.5) is 5.95 Å². The Bertz CT molecular complexity index is 599. The highest BCUT2D eigenvalue weighted by Crippen LogP contribution is 2.41. The van der Waals surface area contributed by atoms with Gasteiger partial charge in [-0.15, -0.1) is 0 Å². The third kappa shape index (κ3) is 2.85. The summed E-state index contributed by atoms with van der Waals surface area (Å²) in [5.74, 6) is 2.61. The fourth-order valence-electron chi connectivity index (χ4n) is 4.13. The van der Waals surface area contributed by atoms with E-state index in [4.69, 9.17) is 9.72 Å². The number of rotatable bonds is 5. The Kier molecular flexibility index (Phi) is 3.34. The molecule has 0 radical (unpaired) electrons. The molecule has 3 heterocycles. The van der Waals surface area contributed by atoms with Gasteiger partial charge in [-0.25, -0.2) is 9.97 Å². The first kappa shape index (κ1) is 14.2. The maximum atomic E-state index is 5.92. The van der Waals surface area contributed by atoms with Crippen LogP contribution in [-0.4, -0.2) is 47.7 Å². The molecule has 3 fully saturated rings. The van der Waals surface area contributed by atoms with Gasteiger partial charge in [0, 0.05) is 31.4 Å². The van der Waals surface area contributed by atoms with E-state index < -0.39 is 0 Å². The molecule has 2 aliphatic carbocycles. The van der Waals surface area contributed by atoms with Crippen LogP contribution in [0.3, 0.4) is 0 Å². The maximum absolute atomic E-state index is 5.92. The molecule has 5 nitrogen and oxygen atoms in total. The fourth-order valence-corrected chi connectivity index (χ4v) is 4.13. The molecule has 2 saturated carbocycles. The number of hydrogen-bond acceptors (Lipinski definition) is 5.